The fraction of sp³-hybridized carbons (Fsp3) is 0.750. The van der Waals surface area contributed by atoms with Crippen molar-refractivity contribution in [2.75, 3.05) is 6.61 Å². The van der Waals surface area contributed by atoms with Crippen LogP contribution in [0, 0.1) is 0 Å². The van der Waals surface area contributed by atoms with Gasteiger partial charge in [-0.05, 0) is 6.42 Å². The molecule has 0 aromatic heterocycles. The molecule has 0 bridgehead atoms. The number of carboxylic acid groups (broad SMARTS) is 1. The molecule has 0 radical (unpaired) electrons. The van der Waals surface area contributed by atoms with Gasteiger partial charge in [-0.1, -0.05) is 0 Å². The van der Waals surface area contributed by atoms with Crippen LogP contribution in [0.3, 0.4) is 0 Å². The van der Waals surface area contributed by atoms with Gasteiger partial charge in [-0.15, -0.1) is 0 Å². The number of hydrogen-bond donors (Lipinski definition) is 1. The van der Waals surface area contributed by atoms with E-state index in [1.54, 1.807) is 0 Å². The van der Waals surface area contributed by atoms with Gasteiger partial charge in [-0.3, -0.25) is 4.79 Å². The fourth-order valence-electron chi connectivity index (χ4n) is 1.92. The van der Waals surface area contributed by atoms with E-state index in [2.05, 4.69) is 0 Å². The SMILES string of the molecule is O=C([O-])[C@H]1C(CCO)O[C@@H]2CC(=O)N21.[K+]. The third kappa shape index (κ3) is 2.28. The Morgan fingerprint density at radius 1 is 1.67 bits per heavy atom. The van der Waals surface area contributed by atoms with Crippen LogP contribution in [-0.2, 0) is 14.3 Å². The molecule has 2 aliphatic heterocycles. The van der Waals surface area contributed by atoms with Gasteiger partial charge in [0.1, 0.15) is 12.3 Å². The molecule has 2 aliphatic rings. The fourth-order valence-corrected chi connectivity index (χ4v) is 1.92. The van der Waals surface area contributed by atoms with Crippen LogP contribution in [0.5, 0.6) is 0 Å². The second-order valence-electron chi connectivity index (χ2n) is 3.41. The maximum atomic E-state index is 11.1. The van der Waals surface area contributed by atoms with Crippen LogP contribution in [0.2, 0.25) is 0 Å². The number of fused-ring (bicyclic) bond motifs is 1. The molecule has 0 spiro atoms. The predicted octanol–water partition coefficient (Wildman–Crippen LogP) is -5.55. The van der Waals surface area contributed by atoms with Crippen molar-refractivity contribution in [3.05, 3.63) is 0 Å². The number of carboxylic acids is 1. The first kappa shape index (κ1) is 13.6. The number of ether oxygens (including phenoxy) is 1. The number of hydrogen-bond acceptors (Lipinski definition) is 5. The molecule has 0 saturated carbocycles. The molecular weight excluding hydrogens is 229 g/mol. The summed E-state index contributed by atoms with van der Waals surface area (Å²) in [6.45, 7) is -0.163. The Hall–Kier alpha value is 0.496. The summed E-state index contributed by atoms with van der Waals surface area (Å²) in [7, 11) is 0. The average molecular weight is 239 g/mol. The third-order valence-electron chi connectivity index (χ3n) is 2.59. The molecule has 0 aromatic rings. The standard InChI is InChI=1S/C8H11NO5.K/c10-2-1-4-7(8(12)13)9-5(11)3-6(9)14-4;/h4,6-7,10H,1-3H2,(H,12,13);/q;+1/p-1/t4?,6-,7-;/m1./s1. The van der Waals surface area contributed by atoms with Crippen LogP contribution in [-0.4, -0.2) is 46.9 Å². The number of carbonyl (C=O) groups is 2. The van der Waals surface area contributed by atoms with Gasteiger partial charge in [0.2, 0.25) is 5.91 Å². The number of carbonyl (C=O) groups excluding carboxylic acids is 2. The average Bonchev–Trinajstić information content (AvgIpc) is 2.39. The van der Waals surface area contributed by atoms with Crippen LogP contribution in [0.15, 0.2) is 0 Å². The first-order chi connectivity index (χ1) is 6.65. The maximum absolute atomic E-state index is 11.1. The van der Waals surface area contributed by atoms with Gasteiger partial charge >= 0.3 is 51.4 Å². The molecule has 7 heteroatoms. The van der Waals surface area contributed by atoms with Crippen molar-refractivity contribution >= 4 is 11.9 Å². The number of aliphatic carboxylic acids is 1. The molecule has 6 nitrogen and oxygen atoms in total. The summed E-state index contributed by atoms with van der Waals surface area (Å²) in [6, 6.07) is -1.03. The van der Waals surface area contributed by atoms with Gasteiger partial charge in [0, 0.05) is 6.61 Å². The molecular formula is C8H10KNO5. The van der Waals surface area contributed by atoms with Gasteiger partial charge < -0.3 is 24.6 Å². The molecule has 2 heterocycles. The first-order valence-electron chi connectivity index (χ1n) is 4.43. The molecule has 78 valence electrons. The Labute approximate surface area is 129 Å². The minimum Gasteiger partial charge on any atom is -0.548 e. The van der Waals surface area contributed by atoms with Crippen molar-refractivity contribution in [3.63, 3.8) is 0 Å². The molecule has 15 heavy (non-hydrogen) atoms. The normalized spacial score (nSPS) is 33.0. The zero-order chi connectivity index (χ0) is 10.3. The molecule has 2 rings (SSSR count). The zero-order valence-electron chi connectivity index (χ0n) is 8.38. The number of aliphatic hydroxyl groups excluding tert-OH is 1. The molecule has 0 aliphatic carbocycles. The Morgan fingerprint density at radius 2 is 2.33 bits per heavy atom. The summed E-state index contributed by atoms with van der Waals surface area (Å²) in [5.41, 5.74) is 0. The number of β-lactam (4-membered cyclic amide) rings is 1. The van der Waals surface area contributed by atoms with Crippen molar-refractivity contribution in [2.24, 2.45) is 0 Å². The summed E-state index contributed by atoms with van der Waals surface area (Å²) >= 11 is 0. The number of rotatable bonds is 3. The molecule has 2 fully saturated rings. The Bertz CT molecular complexity index is 284. The van der Waals surface area contributed by atoms with Crippen LogP contribution in [0.1, 0.15) is 12.8 Å². The molecule has 1 unspecified atom stereocenters. The van der Waals surface area contributed by atoms with E-state index in [1.165, 1.54) is 4.90 Å². The number of aliphatic hydroxyl groups is 1. The molecule has 2 saturated heterocycles. The minimum atomic E-state index is -1.32. The van der Waals surface area contributed by atoms with E-state index in [9.17, 15) is 14.7 Å². The van der Waals surface area contributed by atoms with Crippen molar-refractivity contribution in [1.29, 1.82) is 0 Å². The quantitative estimate of drug-likeness (QED) is 0.392. The van der Waals surface area contributed by atoms with E-state index >= 15 is 0 Å². The second kappa shape index (κ2) is 5.22. The summed E-state index contributed by atoms with van der Waals surface area (Å²) in [5.74, 6) is -1.55. The largest absolute Gasteiger partial charge is 1.00 e. The van der Waals surface area contributed by atoms with Gasteiger partial charge in [-0.25, -0.2) is 0 Å². The maximum Gasteiger partial charge on any atom is 1.00 e. The van der Waals surface area contributed by atoms with Crippen LogP contribution >= 0.6 is 0 Å². The number of nitrogens with zero attached hydrogens (tertiary/aromatic N) is 1. The monoisotopic (exact) mass is 239 g/mol. The van der Waals surface area contributed by atoms with Gasteiger partial charge in [-0.2, -0.15) is 0 Å². The minimum absolute atomic E-state index is 0. The zero-order valence-corrected chi connectivity index (χ0v) is 11.5. The van der Waals surface area contributed by atoms with E-state index < -0.39 is 24.3 Å². The summed E-state index contributed by atoms with van der Waals surface area (Å²) < 4.78 is 5.27. The Balaban J connectivity index is 0.00000112. The first-order valence-corrected chi connectivity index (χ1v) is 4.43. The summed E-state index contributed by atoms with van der Waals surface area (Å²) in [5, 5.41) is 19.4. The summed E-state index contributed by atoms with van der Waals surface area (Å²) in [6.07, 6.45) is -0.631. The smallest absolute Gasteiger partial charge is 0.548 e. The van der Waals surface area contributed by atoms with E-state index in [4.69, 9.17) is 9.84 Å². The van der Waals surface area contributed by atoms with E-state index in [0.29, 0.717) is 0 Å². The molecule has 0 aromatic carbocycles. The van der Waals surface area contributed by atoms with Gasteiger partial charge in [0.05, 0.1) is 18.5 Å². The third-order valence-corrected chi connectivity index (χ3v) is 2.59. The number of amides is 1. The van der Waals surface area contributed by atoms with Crippen molar-refractivity contribution in [2.45, 2.75) is 31.2 Å². The molecule has 1 N–H and O–H groups in total. The van der Waals surface area contributed by atoms with Crippen LogP contribution < -0.4 is 56.5 Å². The van der Waals surface area contributed by atoms with Crippen molar-refractivity contribution in [1.82, 2.24) is 4.90 Å². The Morgan fingerprint density at radius 3 is 2.80 bits per heavy atom. The topological polar surface area (TPSA) is 89.9 Å². The molecule has 1 amide bonds. The van der Waals surface area contributed by atoms with Gasteiger partial charge in [0.15, 0.2) is 0 Å². The van der Waals surface area contributed by atoms with Gasteiger partial charge in [0.25, 0.3) is 0 Å². The second-order valence-corrected chi connectivity index (χ2v) is 3.41. The van der Waals surface area contributed by atoms with Crippen LogP contribution in [0.25, 0.3) is 0 Å². The van der Waals surface area contributed by atoms with Crippen LogP contribution in [0.4, 0.5) is 0 Å². The van der Waals surface area contributed by atoms with E-state index in [1.807, 2.05) is 0 Å². The summed E-state index contributed by atoms with van der Waals surface area (Å²) in [4.78, 5) is 23.0. The van der Waals surface area contributed by atoms with Crippen molar-refractivity contribution in [3.8, 4) is 0 Å². The van der Waals surface area contributed by atoms with E-state index in [0.717, 1.165) is 0 Å². The Kier molecular flexibility index (Phi) is 4.72. The van der Waals surface area contributed by atoms with E-state index in [-0.39, 0.29) is 76.7 Å². The van der Waals surface area contributed by atoms with Crippen molar-refractivity contribution < 1.29 is 75.9 Å². The molecule has 3 atom stereocenters. The predicted molar refractivity (Wildman–Crippen MR) is 40.6 cm³/mol.